The number of likely N-dealkylation sites (tertiary alicyclic amines) is 3. The summed E-state index contributed by atoms with van der Waals surface area (Å²) < 4.78 is 23.1. The summed E-state index contributed by atoms with van der Waals surface area (Å²) in [5.74, 6) is 3.79. The fourth-order valence-corrected chi connectivity index (χ4v) is 13.2. The molecule has 0 radical (unpaired) electrons. The van der Waals surface area contributed by atoms with Gasteiger partial charge in [-0.15, -0.1) is 0 Å². The lowest BCUT2D eigenvalue weighted by atomic mass is 10.0. The van der Waals surface area contributed by atoms with E-state index in [-0.39, 0.29) is 35.8 Å². The van der Waals surface area contributed by atoms with Crippen LogP contribution in [0.25, 0.3) is 33.8 Å². The number of likely N-dealkylation sites (N-methyl/N-ethyl adjacent to an activating group) is 2. The minimum Gasteiger partial charge on any atom is -0.457 e. The van der Waals surface area contributed by atoms with Crippen LogP contribution in [-0.4, -0.2) is 184 Å². The van der Waals surface area contributed by atoms with Crippen molar-refractivity contribution in [2.45, 2.75) is 56.7 Å². The lowest BCUT2D eigenvalue weighted by Gasteiger charge is -2.33. The molecule has 3 saturated heterocycles. The minimum absolute atomic E-state index is 0.104. The highest BCUT2D eigenvalue weighted by atomic mass is 16.5. The predicted molar refractivity (Wildman–Crippen MR) is 420 cm³/mol. The molecule has 6 aromatic carbocycles. The molecule has 6 heterocycles. The molecule has 0 aliphatic carbocycles. The molecule has 3 fully saturated rings. The SMILES string of the molecule is C=CC(=O)N1CCCC(n2nc(-c3ccc(Oc4ccccc4)cc3)c(C(N)=O)c2NCCN(C)C)C1.C=CC(=O)N1CCCC(n2nc(-c3ccc(Oc4ccccc4)cc3)c(C(N)=O)c2NCCN)C1.C=CC(=O)N1CCCC(n2nc(-c3ccc(Oc4ccccc4)cc3)c(C(N)=O)c2NCCNC)C1. The van der Waals surface area contributed by atoms with Gasteiger partial charge in [0, 0.05) is 95.2 Å². The monoisotopic (exact) mass is 1460 g/mol. The number of aromatic nitrogens is 6. The summed E-state index contributed by atoms with van der Waals surface area (Å²) in [5, 5.41) is 27.6. The fraction of sp³-hybridized carbons (Fsp3) is 0.296. The van der Waals surface area contributed by atoms with E-state index in [1.54, 1.807) is 19.4 Å². The molecule has 3 aliphatic heterocycles. The highest BCUT2D eigenvalue weighted by Gasteiger charge is 2.35. The summed E-state index contributed by atoms with van der Waals surface area (Å²) in [6.45, 7) is 17.7. The van der Waals surface area contributed by atoms with E-state index in [1.165, 1.54) is 18.2 Å². The Morgan fingerprint density at radius 3 is 0.991 bits per heavy atom. The summed E-state index contributed by atoms with van der Waals surface area (Å²) >= 11 is 0. The maximum Gasteiger partial charge on any atom is 0.254 e. The molecule has 27 heteroatoms. The van der Waals surface area contributed by atoms with Gasteiger partial charge in [0.05, 0.1) is 18.1 Å². The molecule has 3 unspecified atom stereocenters. The summed E-state index contributed by atoms with van der Waals surface area (Å²) in [4.78, 5) is 82.2. The minimum atomic E-state index is -0.592. The molecule has 12 N–H and O–H groups in total. The summed E-state index contributed by atoms with van der Waals surface area (Å²) in [7, 11) is 5.83. The summed E-state index contributed by atoms with van der Waals surface area (Å²) in [6.07, 6.45) is 8.91. The van der Waals surface area contributed by atoms with E-state index in [2.05, 4.69) is 45.9 Å². The molecule has 3 atom stereocenters. The smallest absolute Gasteiger partial charge is 0.254 e. The molecule has 108 heavy (non-hydrogen) atoms. The molecule has 6 amide bonds. The van der Waals surface area contributed by atoms with Crippen molar-refractivity contribution in [1.82, 2.24) is 54.3 Å². The van der Waals surface area contributed by atoms with Gasteiger partial charge in [0.2, 0.25) is 17.7 Å². The van der Waals surface area contributed by atoms with Crippen LogP contribution in [0.1, 0.15) is 87.7 Å². The summed E-state index contributed by atoms with van der Waals surface area (Å²) in [6, 6.07) is 50.4. The van der Waals surface area contributed by atoms with Crippen molar-refractivity contribution < 1.29 is 43.0 Å². The number of carbonyl (C=O) groups excluding carboxylic acids is 6. The van der Waals surface area contributed by atoms with Crippen LogP contribution in [0.3, 0.4) is 0 Å². The fourth-order valence-electron chi connectivity index (χ4n) is 13.2. The van der Waals surface area contributed by atoms with Crippen molar-refractivity contribution in [2.24, 2.45) is 22.9 Å². The zero-order chi connectivity index (χ0) is 76.6. The number of para-hydroxylation sites is 3. The highest BCUT2D eigenvalue weighted by molar-refractivity contribution is 6.05. The number of hydrogen-bond acceptors (Lipinski definition) is 18. The molecule has 564 valence electrons. The number of benzene rings is 6. The predicted octanol–water partition coefficient (Wildman–Crippen LogP) is 10.3. The molecule has 3 aromatic heterocycles. The molecular formula is C81H96N18O9. The number of nitrogens with zero attached hydrogens (tertiary/aromatic N) is 10. The van der Waals surface area contributed by atoms with Gasteiger partial charge in [-0.3, -0.25) is 28.8 Å². The number of anilines is 3. The van der Waals surface area contributed by atoms with Gasteiger partial charge in [0.15, 0.2) is 0 Å². The second kappa shape index (κ2) is 38.1. The van der Waals surface area contributed by atoms with E-state index in [0.29, 0.717) is 140 Å². The van der Waals surface area contributed by atoms with Crippen LogP contribution in [0.5, 0.6) is 34.5 Å². The maximum atomic E-state index is 12.8. The number of primary amides is 3. The Balaban J connectivity index is 0.000000173. The first-order chi connectivity index (χ1) is 52.4. The first kappa shape index (κ1) is 78.3. The zero-order valence-electron chi connectivity index (χ0n) is 61.4. The van der Waals surface area contributed by atoms with E-state index in [1.807, 2.05) is 194 Å². The van der Waals surface area contributed by atoms with Crippen molar-refractivity contribution in [3.63, 3.8) is 0 Å². The second-order valence-corrected chi connectivity index (χ2v) is 26.3. The Hall–Kier alpha value is -12.3. The number of amides is 6. The molecular weight excluding hydrogens is 1370 g/mol. The lowest BCUT2D eigenvalue weighted by Crippen LogP contribution is -2.40. The molecule has 0 spiro atoms. The Bertz CT molecular complexity index is 4550. The Labute approximate surface area is 629 Å². The molecule has 9 aromatic rings. The van der Waals surface area contributed by atoms with Crippen molar-refractivity contribution in [3.05, 3.63) is 218 Å². The average molecular weight is 1470 g/mol. The maximum absolute atomic E-state index is 12.8. The Morgan fingerprint density at radius 2 is 0.722 bits per heavy atom. The lowest BCUT2D eigenvalue weighted by molar-refractivity contribution is -0.128. The van der Waals surface area contributed by atoms with Gasteiger partial charge in [0.25, 0.3) is 17.7 Å². The van der Waals surface area contributed by atoms with Crippen LogP contribution < -0.4 is 58.4 Å². The third kappa shape index (κ3) is 20.0. The van der Waals surface area contributed by atoms with E-state index >= 15 is 0 Å². The number of hydrogen-bond donors (Lipinski definition) is 8. The van der Waals surface area contributed by atoms with E-state index in [9.17, 15) is 28.8 Å². The van der Waals surface area contributed by atoms with Gasteiger partial charge in [-0.1, -0.05) is 74.3 Å². The Kier molecular flexibility index (Phi) is 27.6. The topological polar surface area (TPSA) is 349 Å². The average Bonchev–Trinajstić information content (AvgIpc) is 1.63. The van der Waals surface area contributed by atoms with E-state index in [4.69, 9.17) is 52.4 Å². The Morgan fingerprint density at radius 1 is 0.435 bits per heavy atom. The zero-order valence-corrected chi connectivity index (χ0v) is 61.4. The van der Waals surface area contributed by atoms with Crippen molar-refractivity contribution in [1.29, 1.82) is 0 Å². The van der Waals surface area contributed by atoms with Crippen LogP contribution in [0.15, 0.2) is 202 Å². The van der Waals surface area contributed by atoms with E-state index < -0.39 is 17.7 Å². The van der Waals surface area contributed by atoms with Gasteiger partial charge in [-0.05, 0) is 187 Å². The molecule has 0 saturated carbocycles. The van der Waals surface area contributed by atoms with Gasteiger partial charge in [-0.25, -0.2) is 14.0 Å². The number of ether oxygens (including phenoxy) is 3. The van der Waals surface area contributed by atoms with Gasteiger partial charge in [-0.2, -0.15) is 15.3 Å². The highest BCUT2D eigenvalue weighted by Crippen LogP contribution is 2.39. The quantitative estimate of drug-likeness (QED) is 0.0159. The second-order valence-electron chi connectivity index (χ2n) is 26.3. The third-order valence-electron chi connectivity index (χ3n) is 18.4. The van der Waals surface area contributed by atoms with Crippen LogP contribution in [-0.2, 0) is 14.4 Å². The van der Waals surface area contributed by atoms with Crippen LogP contribution in [0, 0.1) is 0 Å². The summed E-state index contributed by atoms with van der Waals surface area (Å²) in [5.41, 5.74) is 28.0. The standard InChI is InChI=1S/C28H34N6O3.C27H32N6O3.C26H30N6O3/c1-4-24(35)33-17-8-9-21(19-33)34-28(30-16-18-32(2)3)25(27(29)36)26(31-34)20-12-14-23(15-13-20)37-22-10-6-5-7-11-22;1-3-23(34)32-17-7-8-20(18-32)33-27(30-16-15-29-2)24(26(28)35)25(31-33)19-11-13-22(14-12-19)36-21-9-5-4-6-10-21;1-2-22(33)31-16-6-7-19(17-31)32-26(29-15-14-27)23(25(28)34)24(30-32)18-10-12-21(13-11-18)35-20-8-4-3-5-9-20/h4-7,10-15,21,30H,1,8-9,16-19H2,2-3H3,(H2,29,36);3-6,9-14,20,29-30H,1,7-8,15-18H2,2H3,(H2,28,35);2-5,8-13,19,29H,1,6-7,14-17,27H2,(H2,28,34). The number of piperidine rings is 3. The third-order valence-corrected chi connectivity index (χ3v) is 18.4. The number of carbonyl (C=O) groups is 6. The molecule has 12 rings (SSSR count). The van der Waals surface area contributed by atoms with Crippen LogP contribution >= 0.6 is 0 Å². The van der Waals surface area contributed by atoms with Crippen molar-refractivity contribution in [3.8, 4) is 68.3 Å². The molecule has 3 aliphatic rings. The largest absolute Gasteiger partial charge is 0.457 e. The van der Waals surface area contributed by atoms with Gasteiger partial charge in [0.1, 0.15) is 85.7 Å². The van der Waals surface area contributed by atoms with Gasteiger partial charge >= 0.3 is 0 Å². The number of rotatable bonds is 29. The molecule has 27 nitrogen and oxygen atoms in total. The van der Waals surface area contributed by atoms with Crippen molar-refractivity contribution in [2.75, 3.05) is 116 Å². The first-order valence-corrected chi connectivity index (χ1v) is 36.1. The first-order valence-electron chi connectivity index (χ1n) is 36.1. The van der Waals surface area contributed by atoms with Crippen LogP contribution in [0.4, 0.5) is 17.5 Å². The normalized spacial score (nSPS) is 15.4. The van der Waals surface area contributed by atoms with Crippen LogP contribution in [0.2, 0.25) is 0 Å². The van der Waals surface area contributed by atoms with Crippen molar-refractivity contribution >= 4 is 52.9 Å². The number of nitrogens with one attached hydrogen (secondary N) is 4. The van der Waals surface area contributed by atoms with Gasteiger partial charge < -0.3 is 78.0 Å². The molecule has 0 bridgehead atoms. The van der Waals surface area contributed by atoms with E-state index in [0.717, 1.165) is 79.0 Å². The number of nitrogens with two attached hydrogens (primary N) is 4.